The highest BCUT2D eigenvalue weighted by molar-refractivity contribution is 7.99. The van der Waals surface area contributed by atoms with Crippen molar-refractivity contribution in [1.82, 2.24) is 9.78 Å². The van der Waals surface area contributed by atoms with Gasteiger partial charge in [-0.1, -0.05) is 30.1 Å². The largest absolute Gasteiger partial charge is 0.376 e. The SMILES string of the molecule is CCn1[nH]cc(C(=O)c2cc(Cl)c3c(c2Cl)C(OC)C(C)CS3)c1=O. The molecule has 0 bridgehead atoms. The van der Waals surface area contributed by atoms with Gasteiger partial charge in [0.05, 0.1) is 16.1 Å². The number of nitrogens with one attached hydrogen (secondary N) is 1. The predicted molar refractivity (Wildman–Crippen MR) is 100 cm³/mol. The number of ether oxygens (including phenoxy) is 1. The average Bonchev–Trinajstić information content (AvgIpc) is 2.97. The number of fused-ring (bicyclic) bond motifs is 1. The average molecular weight is 401 g/mol. The number of H-pyrrole nitrogens is 1. The van der Waals surface area contributed by atoms with Gasteiger partial charge in [-0.3, -0.25) is 14.3 Å². The molecule has 1 aliphatic rings. The van der Waals surface area contributed by atoms with Crippen LogP contribution in [0.2, 0.25) is 10.0 Å². The molecule has 134 valence electrons. The Morgan fingerprint density at radius 1 is 1.44 bits per heavy atom. The highest BCUT2D eigenvalue weighted by Gasteiger charge is 2.33. The number of ketones is 1. The number of nitrogens with zero attached hydrogens (tertiary/aromatic N) is 1. The van der Waals surface area contributed by atoms with Gasteiger partial charge in [0.1, 0.15) is 5.56 Å². The zero-order valence-corrected chi connectivity index (χ0v) is 16.4. The van der Waals surface area contributed by atoms with Gasteiger partial charge >= 0.3 is 0 Å². The van der Waals surface area contributed by atoms with Crippen molar-refractivity contribution in [2.75, 3.05) is 12.9 Å². The number of hydrogen-bond donors (Lipinski definition) is 1. The van der Waals surface area contributed by atoms with Crippen molar-refractivity contribution in [1.29, 1.82) is 0 Å². The first-order chi connectivity index (χ1) is 11.9. The number of halogens is 2. The van der Waals surface area contributed by atoms with Gasteiger partial charge < -0.3 is 9.84 Å². The van der Waals surface area contributed by atoms with E-state index in [1.165, 1.54) is 10.9 Å². The molecule has 0 spiro atoms. The Morgan fingerprint density at radius 3 is 2.76 bits per heavy atom. The summed E-state index contributed by atoms with van der Waals surface area (Å²) in [4.78, 5) is 26.0. The third-order valence-electron chi connectivity index (χ3n) is 4.40. The second-order valence-corrected chi connectivity index (χ2v) is 7.79. The summed E-state index contributed by atoms with van der Waals surface area (Å²) in [5.74, 6) is 0.639. The van der Waals surface area contributed by atoms with Crippen LogP contribution in [0.25, 0.3) is 0 Å². The monoisotopic (exact) mass is 400 g/mol. The summed E-state index contributed by atoms with van der Waals surface area (Å²) in [7, 11) is 1.62. The third-order valence-corrected chi connectivity index (χ3v) is 6.64. The first-order valence-corrected chi connectivity index (χ1v) is 9.65. The van der Waals surface area contributed by atoms with Gasteiger partial charge in [-0.25, -0.2) is 0 Å². The number of benzene rings is 1. The van der Waals surface area contributed by atoms with Crippen molar-refractivity contribution < 1.29 is 9.53 Å². The van der Waals surface area contributed by atoms with Gasteiger partial charge in [-0.05, 0) is 18.9 Å². The van der Waals surface area contributed by atoms with E-state index in [1.807, 2.05) is 6.92 Å². The molecule has 0 radical (unpaired) electrons. The molecule has 0 fully saturated rings. The molecule has 1 aliphatic heterocycles. The van der Waals surface area contributed by atoms with Crippen molar-refractivity contribution in [3.05, 3.63) is 49.4 Å². The van der Waals surface area contributed by atoms with Gasteiger partial charge in [0.2, 0.25) is 5.78 Å². The van der Waals surface area contributed by atoms with Gasteiger partial charge in [-0.2, -0.15) is 0 Å². The Labute approximate surface area is 159 Å². The zero-order valence-electron chi connectivity index (χ0n) is 14.1. The fraction of sp³-hybridized carbons (Fsp3) is 0.412. The smallest absolute Gasteiger partial charge is 0.277 e. The van der Waals surface area contributed by atoms with Crippen LogP contribution in [0, 0.1) is 5.92 Å². The van der Waals surface area contributed by atoms with Crippen LogP contribution in [-0.4, -0.2) is 28.4 Å². The fourth-order valence-corrected chi connectivity index (χ4v) is 5.03. The van der Waals surface area contributed by atoms with Crippen LogP contribution in [-0.2, 0) is 11.3 Å². The van der Waals surface area contributed by atoms with E-state index in [1.54, 1.807) is 24.9 Å². The van der Waals surface area contributed by atoms with Crippen molar-refractivity contribution in [3.8, 4) is 0 Å². The zero-order chi connectivity index (χ0) is 18.3. The van der Waals surface area contributed by atoms with Crippen LogP contribution < -0.4 is 5.56 Å². The summed E-state index contributed by atoms with van der Waals surface area (Å²) in [6.07, 6.45) is 1.16. The minimum Gasteiger partial charge on any atom is -0.376 e. The second-order valence-electron chi connectivity index (χ2n) is 5.97. The van der Waals surface area contributed by atoms with E-state index in [0.717, 1.165) is 16.2 Å². The Balaban J connectivity index is 2.16. The van der Waals surface area contributed by atoms with Crippen LogP contribution in [0.1, 0.15) is 41.4 Å². The number of rotatable bonds is 4. The fourth-order valence-electron chi connectivity index (χ4n) is 3.08. The van der Waals surface area contributed by atoms with Gasteiger partial charge in [0.15, 0.2) is 0 Å². The third kappa shape index (κ3) is 3.05. The van der Waals surface area contributed by atoms with E-state index in [9.17, 15) is 9.59 Å². The molecule has 1 aromatic heterocycles. The molecule has 2 heterocycles. The molecule has 1 N–H and O–H groups in total. The molecule has 2 aromatic rings. The highest BCUT2D eigenvalue weighted by Crippen LogP contribution is 2.49. The lowest BCUT2D eigenvalue weighted by Crippen LogP contribution is -2.23. The van der Waals surface area contributed by atoms with E-state index in [2.05, 4.69) is 12.0 Å². The summed E-state index contributed by atoms with van der Waals surface area (Å²) >= 11 is 14.6. The van der Waals surface area contributed by atoms with Crippen molar-refractivity contribution >= 4 is 40.7 Å². The Morgan fingerprint density at radius 2 is 2.16 bits per heavy atom. The van der Waals surface area contributed by atoms with E-state index >= 15 is 0 Å². The molecule has 5 nitrogen and oxygen atoms in total. The van der Waals surface area contributed by atoms with Crippen molar-refractivity contribution in [2.45, 2.75) is 31.4 Å². The molecular weight excluding hydrogens is 383 g/mol. The quantitative estimate of drug-likeness (QED) is 0.782. The topological polar surface area (TPSA) is 64.1 Å². The number of hydrogen-bond acceptors (Lipinski definition) is 4. The summed E-state index contributed by atoms with van der Waals surface area (Å²) in [6, 6.07) is 1.55. The maximum Gasteiger partial charge on any atom is 0.277 e. The lowest BCUT2D eigenvalue weighted by Gasteiger charge is -2.31. The maximum absolute atomic E-state index is 12.9. The van der Waals surface area contributed by atoms with Crippen molar-refractivity contribution in [2.24, 2.45) is 5.92 Å². The van der Waals surface area contributed by atoms with Crippen LogP contribution in [0.3, 0.4) is 0 Å². The molecule has 2 unspecified atom stereocenters. The number of carbonyl (C=O) groups excluding carboxylic acids is 1. The molecule has 0 aliphatic carbocycles. The summed E-state index contributed by atoms with van der Waals surface area (Å²) in [6.45, 7) is 4.33. The Kier molecular flexibility index (Phi) is 5.34. The second kappa shape index (κ2) is 7.19. The number of thioether (sulfide) groups is 1. The number of methoxy groups -OCH3 is 1. The number of aromatic amines is 1. The molecule has 2 atom stereocenters. The lowest BCUT2D eigenvalue weighted by atomic mass is 9.94. The van der Waals surface area contributed by atoms with E-state index in [4.69, 9.17) is 27.9 Å². The Hall–Kier alpha value is -1.21. The summed E-state index contributed by atoms with van der Waals surface area (Å²) in [5.41, 5.74) is 0.630. The molecular formula is C17H18Cl2N2O3S. The Bertz CT molecular complexity index is 891. The summed E-state index contributed by atoms with van der Waals surface area (Å²) in [5, 5.41) is 3.53. The van der Waals surface area contributed by atoms with Crippen LogP contribution in [0.15, 0.2) is 22.0 Å². The first-order valence-electron chi connectivity index (χ1n) is 7.91. The molecule has 8 heteroatoms. The molecule has 0 saturated carbocycles. The van der Waals surface area contributed by atoms with E-state index in [0.29, 0.717) is 16.6 Å². The number of aryl methyl sites for hydroxylation is 1. The highest BCUT2D eigenvalue weighted by atomic mass is 35.5. The minimum absolute atomic E-state index is 0.0465. The summed E-state index contributed by atoms with van der Waals surface area (Å²) < 4.78 is 6.97. The van der Waals surface area contributed by atoms with Crippen LogP contribution >= 0.6 is 35.0 Å². The van der Waals surface area contributed by atoms with Crippen LogP contribution in [0.5, 0.6) is 0 Å². The maximum atomic E-state index is 12.9. The number of carbonyl (C=O) groups is 1. The van der Waals surface area contributed by atoms with Gasteiger partial charge in [0, 0.05) is 41.6 Å². The minimum atomic E-state index is -0.443. The molecule has 0 saturated heterocycles. The van der Waals surface area contributed by atoms with Crippen LogP contribution in [0.4, 0.5) is 0 Å². The molecule has 1 aromatic carbocycles. The van der Waals surface area contributed by atoms with Gasteiger partial charge in [-0.15, -0.1) is 11.8 Å². The number of aromatic nitrogens is 2. The lowest BCUT2D eigenvalue weighted by molar-refractivity contribution is 0.0624. The normalized spacial score (nSPS) is 19.7. The first kappa shape index (κ1) is 18.6. The molecule has 0 amide bonds. The molecule has 25 heavy (non-hydrogen) atoms. The van der Waals surface area contributed by atoms with E-state index in [-0.39, 0.29) is 28.7 Å². The van der Waals surface area contributed by atoms with Gasteiger partial charge in [0.25, 0.3) is 5.56 Å². The predicted octanol–water partition coefficient (Wildman–Crippen LogP) is 4.16. The molecule has 3 rings (SSSR count). The van der Waals surface area contributed by atoms with Crippen molar-refractivity contribution in [3.63, 3.8) is 0 Å². The standard InChI is InChI=1S/C17H18Cl2N2O3S/c1-4-21-17(23)10(6-20-21)14(22)9-5-11(18)16-12(13(9)19)15(24-3)8(2)7-25-16/h5-6,8,15,20H,4,7H2,1-3H3. The van der Waals surface area contributed by atoms with E-state index < -0.39 is 5.78 Å².